The highest BCUT2D eigenvalue weighted by atomic mass is 17.2. The summed E-state index contributed by atoms with van der Waals surface area (Å²) in [5, 5.41) is 0. The predicted octanol–water partition coefficient (Wildman–Crippen LogP) is 1.35. The van der Waals surface area contributed by atoms with E-state index < -0.39 is 30.3 Å². The summed E-state index contributed by atoms with van der Waals surface area (Å²) >= 11 is 0. The average Bonchev–Trinajstić information content (AvgIpc) is 3.04. The van der Waals surface area contributed by atoms with E-state index in [1.165, 1.54) is 0 Å². The van der Waals surface area contributed by atoms with Gasteiger partial charge in [-0.05, 0) is 25.3 Å². The van der Waals surface area contributed by atoms with Crippen LogP contribution >= 0.6 is 0 Å². The van der Waals surface area contributed by atoms with Gasteiger partial charge in [-0.3, -0.25) is 0 Å². The van der Waals surface area contributed by atoms with Crippen LogP contribution in [0.15, 0.2) is 37.1 Å². The number of hydrogen-bond donors (Lipinski definition) is 0. The second kappa shape index (κ2) is 6.66. The summed E-state index contributed by atoms with van der Waals surface area (Å²) < 4.78 is 16.4. The van der Waals surface area contributed by atoms with Gasteiger partial charge in [0, 0.05) is 12.2 Å². The predicted molar refractivity (Wildman–Crippen MR) is 76.7 cm³/mol. The smallest absolute Gasteiger partial charge is 0.335 e. The van der Waals surface area contributed by atoms with E-state index in [9.17, 15) is 9.59 Å². The maximum atomic E-state index is 11.4. The number of rotatable bonds is 4. The molecule has 1 saturated heterocycles. The first-order chi connectivity index (χ1) is 11.1. The number of carbonyl (C=O) groups is 2. The molecule has 5 atom stereocenters. The maximum Gasteiger partial charge on any atom is 0.335 e. The lowest BCUT2D eigenvalue weighted by Crippen LogP contribution is -2.35. The molecule has 0 radical (unpaired) electrons. The largest absolute Gasteiger partial charge is 0.456 e. The molecule has 2 fully saturated rings. The fraction of sp³-hybridized carbons (Fsp3) is 0.500. The van der Waals surface area contributed by atoms with Crippen LogP contribution < -0.4 is 0 Å². The third-order valence-corrected chi connectivity index (χ3v) is 4.08. The van der Waals surface area contributed by atoms with Crippen molar-refractivity contribution in [1.82, 2.24) is 0 Å². The fourth-order valence-electron chi connectivity index (χ4n) is 2.99. The van der Waals surface area contributed by atoms with Crippen molar-refractivity contribution in [2.45, 2.75) is 49.8 Å². The highest BCUT2D eigenvalue weighted by Gasteiger charge is 2.48. The Hall–Kier alpha value is -1.96. The van der Waals surface area contributed by atoms with Gasteiger partial charge in [0.2, 0.25) is 0 Å². The molecule has 3 rings (SSSR count). The number of esters is 2. The minimum Gasteiger partial charge on any atom is -0.456 e. The van der Waals surface area contributed by atoms with Crippen LogP contribution in [0.2, 0.25) is 0 Å². The van der Waals surface area contributed by atoms with Gasteiger partial charge in [0.1, 0.15) is 11.9 Å². The quantitative estimate of drug-likeness (QED) is 0.439. The summed E-state index contributed by atoms with van der Waals surface area (Å²) in [6.07, 6.45) is 3.66. The fourth-order valence-corrected chi connectivity index (χ4v) is 2.99. The van der Waals surface area contributed by atoms with Gasteiger partial charge in [0.25, 0.3) is 0 Å². The molecule has 7 heteroatoms. The van der Waals surface area contributed by atoms with Crippen LogP contribution in [0.4, 0.5) is 0 Å². The topological polar surface area (TPSA) is 80.3 Å². The number of carbonyl (C=O) groups excluding carboxylic acids is 2. The van der Waals surface area contributed by atoms with Crippen molar-refractivity contribution in [2.24, 2.45) is 0 Å². The van der Waals surface area contributed by atoms with Gasteiger partial charge in [-0.2, -0.15) is 0 Å². The van der Waals surface area contributed by atoms with E-state index in [0.717, 1.165) is 12.2 Å². The normalized spacial score (nSPS) is 35.3. The zero-order chi connectivity index (χ0) is 16.4. The van der Waals surface area contributed by atoms with Crippen molar-refractivity contribution < 1.29 is 33.6 Å². The van der Waals surface area contributed by atoms with Crippen LogP contribution in [0, 0.1) is 0 Å². The Labute approximate surface area is 133 Å². The Balaban J connectivity index is 1.66. The summed E-state index contributed by atoms with van der Waals surface area (Å²) in [7, 11) is 0. The molecule has 1 aliphatic heterocycles. The molecular weight excluding hydrogens is 304 g/mol. The minimum atomic E-state index is -0.625. The first-order valence-electron chi connectivity index (χ1n) is 7.47. The summed E-state index contributed by atoms with van der Waals surface area (Å²) in [5.74, 6) is -0.730. The van der Waals surface area contributed by atoms with Crippen molar-refractivity contribution in [1.29, 1.82) is 0 Å². The molecular formula is C16H18O7. The van der Waals surface area contributed by atoms with Gasteiger partial charge in [-0.25, -0.2) is 19.4 Å². The molecule has 3 aliphatic rings. The molecule has 0 aromatic heterocycles. The molecule has 0 amide bonds. The van der Waals surface area contributed by atoms with Crippen LogP contribution in [-0.4, -0.2) is 42.5 Å². The van der Waals surface area contributed by atoms with E-state index in [2.05, 4.69) is 13.2 Å². The molecule has 124 valence electrons. The summed E-state index contributed by atoms with van der Waals surface area (Å²) in [4.78, 5) is 33.6. The van der Waals surface area contributed by atoms with Crippen molar-refractivity contribution in [3.63, 3.8) is 0 Å². The van der Waals surface area contributed by atoms with Crippen LogP contribution in [0.5, 0.6) is 0 Å². The van der Waals surface area contributed by atoms with Gasteiger partial charge < -0.3 is 14.2 Å². The van der Waals surface area contributed by atoms with E-state index in [1.54, 1.807) is 6.08 Å². The molecule has 2 aliphatic carbocycles. The Morgan fingerprint density at radius 3 is 2.65 bits per heavy atom. The second-order valence-corrected chi connectivity index (χ2v) is 5.51. The lowest BCUT2D eigenvalue weighted by Gasteiger charge is -2.21. The first-order valence-corrected chi connectivity index (χ1v) is 7.47. The van der Waals surface area contributed by atoms with E-state index in [0.29, 0.717) is 25.0 Å². The van der Waals surface area contributed by atoms with Crippen LogP contribution in [0.3, 0.4) is 0 Å². The monoisotopic (exact) mass is 322 g/mol. The van der Waals surface area contributed by atoms with Crippen LogP contribution in [-0.2, 0) is 33.6 Å². The minimum absolute atomic E-state index is 0.240. The number of hydrogen-bond acceptors (Lipinski definition) is 7. The SMILES string of the molecule is C=CC(=O)OC1=CCC2OC3CCC(OC(=O)C=C)C3OOC12. The van der Waals surface area contributed by atoms with E-state index in [4.69, 9.17) is 24.0 Å². The van der Waals surface area contributed by atoms with Crippen molar-refractivity contribution >= 4 is 11.9 Å². The zero-order valence-electron chi connectivity index (χ0n) is 12.5. The first kappa shape index (κ1) is 15.9. The third kappa shape index (κ3) is 3.21. The van der Waals surface area contributed by atoms with E-state index in [-0.39, 0.29) is 12.2 Å². The van der Waals surface area contributed by atoms with Gasteiger partial charge in [-0.1, -0.05) is 13.2 Å². The Bertz CT molecular complexity index is 553. The number of fused-ring (bicyclic) bond motifs is 2. The molecule has 1 heterocycles. The molecule has 0 spiro atoms. The second-order valence-electron chi connectivity index (χ2n) is 5.51. The van der Waals surface area contributed by atoms with Gasteiger partial charge in [0.05, 0.1) is 12.2 Å². The molecule has 5 unspecified atom stereocenters. The molecule has 0 bridgehead atoms. The Morgan fingerprint density at radius 2 is 1.91 bits per heavy atom. The summed E-state index contributed by atoms with van der Waals surface area (Å²) in [5.41, 5.74) is 0. The average molecular weight is 322 g/mol. The van der Waals surface area contributed by atoms with Crippen molar-refractivity contribution in [3.05, 3.63) is 37.1 Å². The Kier molecular flexibility index (Phi) is 4.61. The zero-order valence-corrected chi connectivity index (χ0v) is 12.5. The maximum absolute atomic E-state index is 11.4. The van der Waals surface area contributed by atoms with Crippen LogP contribution in [0.1, 0.15) is 19.3 Å². The van der Waals surface area contributed by atoms with E-state index >= 15 is 0 Å². The molecule has 0 aromatic rings. The molecule has 23 heavy (non-hydrogen) atoms. The summed E-state index contributed by atoms with van der Waals surface area (Å²) in [6.45, 7) is 6.73. The standard InChI is InChI=1S/C16H18O7/c1-3-13(17)20-11-7-5-9-15(11)22-23-16-10(19-9)6-8-12(16)21-14(18)4-2/h3-4,7,9-10,12,15-16H,1-2,5-6,8H2. The molecule has 0 N–H and O–H groups in total. The van der Waals surface area contributed by atoms with Gasteiger partial charge in [-0.15, -0.1) is 0 Å². The third-order valence-electron chi connectivity index (χ3n) is 4.08. The van der Waals surface area contributed by atoms with Gasteiger partial charge >= 0.3 is 11.9 Å². The molecule has 7 nitrogen and oxygen atoms in total. The highest BCUT2D eigenvalue weighted by molar-refractivity contribution is 5.82. The number of ether oxygens (including phenoxy) is 3. The highest BCUT2D eigenvalue weighted by Crippen LogP contribution is 2.37. The lowest BCUT2D eigenvalue weighted by molar-refractivity contribution is -0.350. The molecule has 1 saturated carbocycles. The van der Waals surface area contributed by atoms with Crippen molar-refractivity contribution in [3.8, 4) is 0 Å². The van der Waals surface area contributed by atoms with Crippen molar-refractivity contribution in [2.75, 3.05) is 0 Å². The Morgan fingerprint density at radius 1 is 1.13 bits per heavy atom. The summed E-state index contributed by atoms with van der Waals surface area (Å²) in [6, 6.07) is 0. The lowest BCUT2D eigenvalue weighted by atomic mass is 10.2. The van der Waals surface area contributed by atoms with Gasteiger partial charge in [0.15, 0.2) is 12.2 Å². The van der Waals surface area contributed by atoms with E-state index in [1.807, 2.05) is 0 Å². The van der Waals surface area contributed by atoms with Crippen LogP contribution in [0.25, 0.3) is 0 Å². The molecule has 0 aromatic carbocycles.